The Bertz CT molecular complexity index is 913. The number of aromatic nitrogens is 4. The van der Waals surface area contributed by atoms with Gasteiger partial charge in [-0.2, -0.15) is 4.98 Å². The minimum atomic E-state index is -0.243. The van der Waals surface area contributed by atoms with Crippen molar-refractivity contribution < 1.29 is 19.2 Å². The van der Waals surface area contributed by atoms with E-state index in [1.165, 1.54) is 0 Å². The van der Waals surface area contributed by atoms with Crippen LogP contribution in [0.1, 0.15) is 41.0 Å². The molecular formula is C17H19N5O4. The molecule has 0 saturated carbocycles. The van der Waals surface area contributed by atoms with E-state index < -0.39 is 0 Å². The molecule has 1 fully saturated rings. The monoisotopic (exact) mass is 357 g/mol. The van der Waals surface area contributed by atoms with Crippen molar-refractivity contribution in [1.82, 2.24) is 25.0 Å². The largest absolute Gasteiger partial charge is 0.395 e. The minimum Gasteiger partial charge on any atom is -0.395 e. The molecule has 9 heteroatoms. The number of nitrogens with one attached hydrogen (secondary N) is 1. The summed E-state index contributed by atoms with van der Waals surface area (Å²) in [5, 5.41) is 15.7. The molecule has 1 atom stereocenters. The Kier molecular flexibility index (Phi) is 4.63. The van der Waals surface area contributed by atoms with Gasteiger partial charge in [-0.1, -0.05) is 5.16 Å². The Morgan fingerprint density at radius 1 is 1.42 bits per heavy atom. The maximum absolute atomic E-state index is 12.4. The van der Waals surface area contributed by atoms with Crippen LogP contribution in [-0.2, 0) is 17.8 Å². The van der Waals surface area contributed by atoms with E-state index in [9.17, 15) is 4.79 Å². The van der Waals surface area contributed by atoms with Crippen molar-refractivity contribution in [2.24, 2.45) is 0 Å². The zero-order chi connectivity index (χ0) is 17.9. The fraction of sp³-hybridized carbons (Fsp3) is 0.412. The standard InChI is InChI=1S/C17H19N5O4/c23-6-5-22-10-19-12-8-11(3-4-13(12)22)16(24)18-9-15-20-17(26-21-15)14-2-1-7-25-14/h3-4,8,10,14,23H,1-2,5-7,9H2,(H,18,24)/t14-/m0/s1. The van der Waals surface area contributed by atoms with Gasteiger partial charge in [0.1, 0.15) is 6.10 Å². The molecule has 0 spiro atoms. The van der Waals surface area contributed by atoms with E-state index in [1.54, 1.807) is 18.5 Å². The van der Waals surface area contributed by atoms with Gasteiger partial charge < -0.3 is 24.3 Å². The second-order valence-corrected chi connectivity index (χ2v) is 6.10. The fourth-order valence-electron chi connectivity index (χ4n) is 2.99. The smallest absolute Gasteiger partial charge is 0.255 e. The highest BCUT2D eigenvalue weighted by Crippen LogP contribution is 2.26. The van der Waals surface area contributed by atoms with Gasteiger partial charge in [-0.25, -0.2) is 4.98 Å². The Hall–Kier alpha value is -2.78. The highest BCUT2D eigenvalue weighted by Gasteiger charge is 2.23. The molecule has 2 aromatic heterocycles. The SMILES string of the molecule is O=C(NCc1noc([C@@H]2CCCO2)n1)c1ccc2c(c1)ncn2CCO. The number of carbonyl (C=O) groups excluding carboxylic acids is 1. The van der Waals surface area contributed by atoms with Crippen LogP contribution in [0, 0.1) is 0 Å². The molecule has 26 heavy (non-hydrogen) atoms. The van der Waals surface area contributed by atoms with E-state index in [0.717, 1.165) is 18.4 Å². The third-order valence-electron chi connectivity index (χ3n) is 4.32. The van der Waals surface area contributed by atoms with Gasteiger partial charge in [0.15, 0.2) is 5.82 Å². The summed E-state index contributed by atoms with van der Waals surface area (Å²) in [6.45, 7) is 1.38. The molecule has 2 N–H and O–H groups in total. The highest BCUT2D eigenvalue weighted by atomic mass is 16.5. The molecule has 3 heterocycles. The lowest BCUT2D eigenvalue weighted by Crippen LogP contribution is -2.23. The molecule has 1 saturated heterocycles. The van der Waals surface area contributed by atoms with Crippen LogP contribution in [0.3, 0.4) is 0 Å². The second-order valence-electron chi connectivity index (χ2n) is 6.10. The van der Waals surface area contributed by atoms with E-state index in [-0.39, 0.29) is 25.2 Å². The van der Waals surface area contributed by atoms with Gasteiger partial charge in [-0.05, 0) is 31.0 Å². The third-order valence-corrected chi connectivity index (χ3v) is 4.32. The average Bonchev–Trinajstić information content (AvgIpc) is 3.40. The molecule has 1 aliphatic rings. The van der Waals surface area contributed by atoms with Crippen LogP contribution in [0.5, 0.6) is 0 Å². The first-order chi connectivity index (χ1) is 12.7. The van der Waals surface area contributed by atoms with Crippen LogP contribution in [0.25, 0.3) is 11.0 Å². The number of hydrogen-bond donors (Lipinski definition) is 2. The molecule has 0 radical (unpaired) electrons. The van der Waals surface area contributed by atoms with Gasteiger partial charge in [-0.15, -0.1) is 0 Å². The van der Waals surface area contributed by atoms with Crippen molar-refractivity contribution >= 4 is 16.9 Å². The van der Waals surface area contributed by atoms with Gasteiger partial charge in [0.25, 0.3) is 11.8 Å². The molecule has 9 nitrogen and oxygen atoms in total. The Balaban J connectivity index is 1.41. The number of ether oxygens (including phenoxy) is 1. The van der Waals surface area contributed by atoms with E-state index in [4.69, 9.17) is 14.4 Å². The lowest BCUT2D eigenvalue weighted by Gasteiger charge is -2.04. The molecule has 1 amide bonds. The number of carbonyl (C=O) groups is 1. The van der Waals surface area contributed by atoms with Crippen LogP contribution in [0.4, 0.5) is 0 Å². The molecule has 0 bridgehead atoms. The summed E-state index contributed by atoms with van der Waals surface area (Å²) in [5.41, 5.74) is 2.07. The number of fused-ring (bicyclic) bond motifs is 1. The maximum atomic E-state index is 12.4. The van der Waals surface area contributed by atoms with Crippen LogP contribution in [-0.4, -0.2) is 43.9 Å². The number of benzene rings is 1. The number of imidazole rings is 1. The maximum Gasteiger partial charge on any atom is 0.255 e. The molecular weight excluding hydrogens is 338 g/mol. The Morgan fingerprint density at radius 2 is 2.35 bits per heavy atom. The molecule has 136 valence electrons. The van der Waals surface area contributed by atoms with Crippen molar-refractivity contribution in [3.8, 4) is 0 Å². The van der Waals surface area contributed by atoms with Crippen LogP contribution in [0.15, 0.2) is 29.0 Å². The molecule has 1 aromatic carbocycles. The highest BCUT2D eigenvalue weighted by molar-refractivity contribution is 5.97. The number of hydrogen-bond acceptors (Lipinski definition) is 7. The summed E-state index contributed by atoms with van der Waals surface area (Å²) in [6, 6.07) is 5.25. The van der Waals surface area contributed by atoms with Gasteiger partial charge in [-0.3, -0.25) is 4.79 Å². The number of rotatable bonds is 6. The summed E-state index contributed by atoms with van der Waals surface area (Å²) in [7, 11) is 0. The summed E-state index contributed by atoms with van der Waals surface area (Å²) < 4.78 is 12.5. The van der Waals surface area contributed by atoms with E-state index in [2.05, 4.69) is 20.4 Å². The van der Waals surface area contributed by atoms with E-state index in [1.807, 2.05) is 10.6 Å². The Morgan fingerprint density at radius 3 is 3.15 bits per heavy atom. The first-order valence-corrected chi connectivity index (χ1v) is 8.52. The molecule has 4 rings (SSSR count). The number of amides is 1. The number of aliphatic hydroxyl groups excluding tert-OH is 1. The summed E-state index contributed by atoms with van der Waals surface area (Å²) in [5.74, 6) is 0.631. The predicted molar refractivity (Wildman–Crippen MR) is 90.2 cm³/mol. The summed E-state index contributed by atoms with van der Waals surface area (Å²) >= 11 is 0. The quantitative estimate of drug-likeness (QED) is 0.681. The Labute approximate surface area is 149 Å². The first kappa shape index (κ1) is 16.7. The normalized spacial score (nSPS) is 17.0. The van der Waals surface area contributed by atoms with Crippen molar-refractivity contribution in [2.75, 3.05) is 13.2 Å². The van der Waals surface area contributed by atoms with Crippen LogP contribution in [0.2, 0.25) is 0 Å². The van der Waals surface area contributed by atoms with Crippen molar-refractivity contribution in [1.29, 1.82) is 0 Å². The molecule has 3 aromatic rings. The fourth-order valence-corrected chi connectivity index (χ4v) is 2.99. The molecule has 1 aliphatic heterocycles. The van der Waals surface area contributed by atoms with Gasteiger partial charge in [0, 0.05) is 18.7 Å². The third kappa shape index (κ3) is 3.31. The van der Waals surface area contributed by atoms with Gasteiger partial charge in [0.2, 0.25) is 0 Å². The van der Waals surface area contributed by atoms with E-state index in [0.29, 0.717) is 35.9 Å². The number of aliphatic hydroxyl groups is 1. The van der Waals surface area contributed by atoms with Crippen molar-refractivity contribution in [2.45, 2.75) is 32.0 Å². The average molecular weight is 357 g/mol. The van der Waals surface area contributed by atoms with Crippen LogP contribution >= 0.6 is 0 Å². The van der Waals surface area contributed by atoms with Gasteiger partial charge in [0.05, 0.1) is 30.5 Å². The summed E-state index contributed by atoms with van der Waals surface area (Å²) in [4.78, 5) is 20.9. The van der Waals surface area contributed by atoms with Crippen molar-refractivity contribution in [3.63, 3.8) is 0 Å². The van der Waals surface area contributed by atoms with E-state index >= 15 is 0 Å². The predicted octanol–water partition coefficient (Wildman–Crippen LogP) is 1.19. The lowest BCUT2D eigenvalue weighted by molar-refractivity contribution is 0.0835. The molecule has 0 unspecified atom stereocenters. The number of nitrogens with zero attached hydrogens (tertiary/aromatic N) is 4. The van der Waals surface area contributed by atoms with Crippen LogP contribution < -0.4 is 5.32 Å². The second kappa shape index (κ2) is 7.22. The summed E-state index contributed by atoms with van der Waals surface area (Å²) in [6.07, 6.45) is 3.37. The first-order valence-electron chi connectivity index (χ1n) is 8.52. The minimum absolute atomic E-state index is 0.0340. The zero-order valence-electron chi connectivity index (χ0n) is 14.1. The molecule has 0 aliphatic carbocycles. The lowest BCUT2D eigenvalue weighted by atomic mass is 10.2. The van der Waals surface area contributed by atoms with Gasteiger partial charge >= 0.3 is 0 Å². The zero-order valence-corrected chi connectivity index (χ0v) is 14.1. The van der Waals surface area contributed by atoms with Crippen molar-refractivity contribution in [3.05, 3.63) is 41.8 Å². The topological polar surface area (TPSA) is 115 Å².